The minimum atomic E-state index is 0.364. The highest BCUT2D eigenvalue weighted by Crippen LogP contribution is 2.32. The summed E-state index contributed by atoms with van der Waals surface area (Å²) in [6, 6.07) is 10.3. The molecule has 82 valence electrons. The van der Waals surface area contributed by atoms with E-state index in [2.05, 4.69) is 18.7 Å². The molecule has 1 aromatic rings. The van der Waals surface area contributed by atoms with Crippen LogP contribution in [0.4, 0.5) is 0 Å². The summed E-state index contributed by atoms with van der Waals surface area (Å²) in [6.45, 7) is 3.79. The van der Waals surface area contributed by atoms with E-state index in [1.165, 1.54) is 5.56 Å². The Morgan fingerprint density at radius 2 is 2.06 bits per heavy atom. The van der Waals surface area contributed by atoms with E-state index in [0.717, 1.165) is 24.7 Å². The average Bonchev–Trinajstić information content (AvgIpc) is 2.73. The van der Waals surface area contributed by atoms with E-state index in [1.807, 2.05) is 30.4 Å². The van der Waals surface area contributed by atoms with Crippen LogP contribution in [0.2, 0.25) is 0 Å². The molecule has 1 aliphatic carbocycles. The molecule has 0 unspecified atom stereocenters. The quantitative estimate of drug-likeness (QED) is 0.553. The summed E-state index contributed by atoms with van der Waals surface area (Å²) in [5.74, 6) is 0.733. The highest BCUT2D eigenvalue weighted by molar-refractivity contribution is 5.75. The SMILES string of the molecule is C=C[C@H]1C=C(C=O)[C@H](Cc2ccccc2)C1. The zero-order valence-electron chi connectivity index (χ0n) is 9.30. The van der Waals surface area contributed by atoms with Crippen LogP contribution in [0.15, 0.2) is 54.6 Å². The van der Waals surface area contributed by atoms with Crippen LogP contribution < -0.4 is 0 Å². The van der Waals surface area contributed by atoms with Gasteiger partial charge >= 0.3 is 0 Å². The average molecular weight is 212 g/mol. The van der Waals surface area contributed by atoms with E-state index in [4.69, 9.17) is 0 Å². The number of benzene rings is 1. The fourth-order valence-corrected chi connectivity index (χ4v) is 2.32. The van der Waals surface area contributed by atoms with Gasteiger partial charge in [0, 0.05) is 0 Å². The van der Waals surface area contributed by atoms with Crippen LogP contribution >= 0.6 is 0 Å². The zero-order valence-corrected chi connectivity index (χ0v) is 9.30. The first kappa shape index (κ1) is 10.9. The second-order valence-electron chi connectivity index (χ2n) is 4.31. The molecule has 0 heterocycles. The summed E-state index contributed by atoms with van der Waals surface area (Å²) < 4.78 is 0. The van der Waals surface area contributed by atoms with Crippen molar-refractivity contribution in [2.45, 2.75) is 12.8 Å². The van der Waals surface area contributed by atoms with Crippen molar-refractivity contribution in [1.29, 1.82) is 0 Å². The zero-order chi connectivity index (χ0) is 11.4. The molecule has 0 aliphatic heterocycles. The maximum absolute atomic E-state index is 11.0. The van der Waals surface area contributed by atoms with E-state index in [1.54, 1.807) is 0 Å². The highest BCUT2D eigenvalue weighted by atomic mass is 16.1. The predicted molar refractivity (Wildman–Crippen MR) is 66.1 cm³/mol. The second kappa shape index (κ2) is 4.93. The number of rotatable bonds is 4. The van der Waals surface area contributed by atoms with Gasteiger partial charge in [-0.15, -0.1) is 6.58 Å². The third kappa shape index (κ3) is 2.30. The minimum Gasteiger partial charge on any atom is -0.298 e. The monoisotopic (exact) mass is 212 g/mol. The molecule has 1 aliphatic rings. The number of carbonyl (C=O) groups is 1. The van der Waals surface area contributed by atoms with Crippen molar-refractivity contribution in [3.05, 3.63) is 60.2 Å². The Balaban J connectivity index is 2.09. The van der Waals surface area contributed by atoms with Gasteiger partial charge in [0.25, 0.3) is 0 Å². The standard InChI is InChI=1S/C15H16O/c1-2-12-8-14(15(9-12)11-16)10-13-6-4-3-5-7-13/h2-7,9,11-12,14H,1,8,10H2/t12-,14+/m1/s1. The van der Waals surface area contributed by atoms with Gasteiger partial charge in [-0.3, -0.25) is 4.79 Å². The van der Waals surface area contributed by atoms with Crippen LogP contribution in [0.5, 0.6) is 0 Å². The van der Waals surface area contributed by atoms with Crippen molar-refractivity contribution >= 4 is 6.29 Å². The van der Waals surface area contributed by atoms with Crippen LogP contribution in [-0.4, -0.2) is 6.29 Å². The molecule has 0 saturated heterocycles. The Bertz CT molecular complexity index is 403. The normalized spacial score (nSPS) is 23.9. The molecule has 0 radical (unpaired) electrons. The lowest BCUT2D eigenvalue weighted by Gasteiger charge is -2.11. The molecule has 1 aromatic carbocycles. The Labute approximate surface area is 96.5 Å². The van der Waals surface area contributed by atoms with E-state index < -0.39 is 0 Å². The molecular weight excluding hydrogens is 196 g/mol. The molecule has 0 amide bonds. The third-order valence-corrected chi connectivity index (χ3v) is 3.20. The molecule has 0 saturated carbocycles. The maximum Gasteiger partial charge on any atom is 0.146 e. The lowest BCUT2D eigenvalue weighted by molar-refractivity contribution is -0.105. The van der Waals surface area contributed by atoms with Crippen molar-refractivity contribution in [3.8, 4) is 0 Å². The number of hydrogen-bond acceptors (Lipinski definition) is 1. The summed E-state index contributed by atoms with van der Waals surface area (Å²) in [6.07, 6.45) is 6.95. The van der Waals surface area contributed by atoms with Gasteiger partial charge in [-0.2, -0.15) is 0 Å². The Kier molecular flexibility index (Phi) is 3.35. The molecule has 2 rings (SSSR count). The summed E-state index contributed by atoms with van der Waals surface area (Å²) in [5, 5.41) is 0. The van der Waals surface area contributed by atoms with Crippen LogP contribution in [0.25, 0.3) is 0 Å². The number of hydrogen-bond donors (Lipinski definition) is 0. The van der Waals surface area contributed by atoms with E-state index >= 15 is 0 Å². The van der Waals surface area contributed by atoms with Gasteiger partial charge in [0.2, 0.25) is 0 Å². The Hall–Kier alpha value is -1.63. The van der Waals surface area contributed by atoms with Crippen LogP contribution in [-0.2, 0) is 11.2 Å². The van der Waals surface area contributed by atoms with Crippen molar-refractivity contribution in [2.24, 2.45) is 11.8 Å². The molecule has 0 N–H and O–H groups in total. The van der Waals surface area contributed by atoms with Crippen LogP contribution in [0.1, 0.15) is 12.0 Å². The second-order valence-corrected chi connectivity index (χ2v) is 4.31. The molecule has 0 spiro atoms. The van der Waals surface area contributed by atoms with Gasteiger partial charge in [0.1, 0.15) is 6.29 Å². The van der Waals surface area contributed by atoms with E-state index in [9.17, 15) is 4.79 Å². The Morgan fingerprint density at radius 3 is 2.69 bits per heavy atom. The number of carbonyl (C=O) groups excluding carboxylic acids is 1. The summed E-state index contributed by atoms with van der Waals surface area (Å²) in [4.78, 5) is 11.0. The molecule has 0 aromatic heterocycles. The molecular formula is C15H16O. The molecule has 1 nitrogen and oxygen atoms in total. The first-order chi connectivity index (χ1) is 7.83. The van der Waals surface area contributed by atoms with Gasteiger partial charge in [0.05, 0.1) is 0 Å². The van der Waals surface area contributed by atoms with E-state index in [-0.39, 0.29) is 0 Å². The van der Waals surface area contributed by atoms with Gasteiger partial charge < -0.3 is 0 Å². The molecule has 0 fully saturated rings. The van der Waals surface area contributed by atoms with Crippen LogP contribution in [0.3, 0.4) is 0 Å². The van der Waals surface area contributed by atoms with Crippen LogP contribution in [0, 0.1) is 11.8 Å². The largest absolute Gasteiger partial charge is 0.298 e. The minimum absolute atomic E-state index is 0.364. The molecule has 16 heavy (non-hydrogen) atoms. The fraction of sp³-hybridized carbons (Fsp3) is 0.267. The summed E-state index contributed by atoms with van der Waals surface area (Å²) in [5.41, 5.74) is 2.23. The van der Waals surface area contributed by atoms with Crippen molar-refractivity contribution < 1.29 is 4.79 Å². The molecule has 0 bridgehead atoms. The smallest absolute Gasteiger partial charge is 0.146 e. The number of aldehydes is 1. The van der Waals surface area contributed by atoms with Crippen molar-refractivity contribution in [1.82, 2.24) is 0 Å². The number of allylic oxidation sites excluding steroid dienone is 3. The fourth-order valence-electron chi connectivity index (χ4n) is 2.32. The summed E-state index contributed by atoms with van der Waals surface area (Å²) in [7, 11) is 0. The lowest BCUT2D eigenvalue weighted by Crippen LogP contribution is -2.05. The lowest BCUT2D eigenvalue weighted by atomic mass is 9.92. The van der Waals surface area contributed by atoms with Gasteiger partial charge in [-0.1, -0.05) is 42.5 Å². The maximum atomic E-state index is 11.0. The van der Waals surface area contributed by atoms with Crippen molar-refractivity contribution in [2.75, 3.05) is 0 Å². The first-order valence-electron chi connectivity index (χ1n) is 5.67. The predicted octanol–water partition coefficient (Wildman–Crippen LogP) is 3.18. The topological polar surface area (TPSA) is 17.1 Å². The third-order valence-electron chi connectivity index (χ3n) is 3.20. The Morgan fingerprint density at radius 1 is 1.31 bits per heavy atom. The molecule has 2 atom stereocenters. The van der Waals surface area contributed by atoms with Gasteiger partial charge in [-0.25, -0.2) is 0 Å². The van der Waals surface area contributed by atoms with E-state index in [0.29, 0.717) is 11.8 Å². The van der Waals surface area contributed by atoms with Gasteiger partial charge in [0.15, 0.2) is 0 Å². The summed E-state index contributed by atoms with van der Waals surface area (Å²) >= 11 is 0. The van der Waals surface area contributed by atoms with Crippen molar-refractivity contribution in [3.63, 3.8) is 0 Å². The highest BCUT2D eigenvalue weighted by Gasteiger charge is 2.24. The molecule has 1 heteroatoms. The first-order valence-corrected chi connectivity index (χ1v) is 5.67. The van der Waals surface area contributed by atoms with Gasteiger partial charge in [-0.05, 0) is 35.8 Å².